The van der Waals surface area contributed by atoms with Gasteiger partial charge < -0.3 is 10.6 Å². The van der Waals surface area contributed by atoms with Crippen LogP contribution in [-0.4, -0.2) is 17.1 Å². The highest BCUT2D eigenvalue weighted by Crippen LogP contribution is 2.36. The number of hydrogen-bond donors (Lipinski definition) is 2. The van der Waals surface area contributed by atoms with E-state index in [0.29, 0.717) is 23.8 Å². The van der Waals surface area contributed by atoms with E-state index in [0.717, 1.165) is 12.5 Å². The molecule has 1 aliphatic carbocycles. The Morgan fingerprint density at radius 3 is 2.70 bits per heavy atom. The minimum absolute atomic E-state index is 0.0240. The first-order valence-electron chi connectivity index (χ1n) is 7.49. The van der Waals surface area contributed by atoms with Crippen LogP contribution < -0.4 is 10.6 Å². The number of nitrogens with zero attached hydrogens (tertiary/aromatic N) is 1. The molecular formula is C16H26FN3. The topological polar surface area (TPSA) is 37.0 Å². The maximum Gasteiger partial charge on any atom is 0.169 e. The third-order valence-corrected chi connectivity index (χ3v) is 3.80. The quantitative estimate of drug-likeness (QED) is 0.836. The molecule has 3 nitrogen and oxygen atoms in total. The highest BCUT2D eigenvalue weighted by atomic mass is 19.1. The van der Waals surface area contributed by atoms with Crippen molar-refractivity contribution in [1.82, 2.24) is 10.3 Å². The van der Waals surface area contributed by atoms with Crippen molar-refractivity contribution in [3.05, 3.63) is 23.6 Å². The van der Waals surface area contributed by atoms with Gasteiger partial charge in [-0.05, 0) is 51.5 Å². The number of pyridine rings is 1. The van der Waals surface area contributed by atoms with Crippen molar-refractivity contribution >= 4 is 5.82 Å². The minimum atomic E-state index is -0.229. The Labute approximate surface area is 121 Å². The lowest BCUT2D eigenvalue weighted by Gasteiger charge is -2.21. The van der Waals surface area contributed by atoms with Gasteiger partial charge in [-0.25, -0.2) is 9.37 Å². The summed E-state index contributed by atoms with van der Waals surface area (Å²) < 4.78 is 14.3. The van der Waals surface area contributed by atoms with Gasteiger partial charge in [-0.2, -0.15) is 0 Å². The number of rotatable bonds is 6. The second-order valence-corrected chi connectivity index (χ2v) is 6.93. The Bertz CT molecular complexity index is 450. The van der Waals surface area contributed by atoms with Crippen LogP contribution in [0.2, 0.25) is 0 Å². The van der Waals surface area contributed by atoms with Crippen LogP contribution in [0, 0.1) is 17.7 Å². The van der Waals surface area contributed by atoms with Gasteiger partial charge in [0.1, 0.15) is 0 Å². The number of aromatic nitrogens is 1. The molecule has 0 aromatic carbocycles. The molecule has 4 heteroatoms. The first-order valence-corrected chi connectivity index (χ1v) is 7.49. The molecule has 0 radical (unpaired) electrons. The SMILES string of the molecule is CC(CNc1nccc(CNC(C)(C)C)c1F)C1CC1. The summed E-state index contributed by atoms with van der Waals surface area (Å²) in [6.45, 7) is 9.75. The fourth-order valence-electron chi connectivity index (χ4n) is 2.19. The molecule has 112 valence electrons. The Hall–Kier alpha value is -1.16. The number of anilines is 1. The lowest BCUT2D eigenvalue weighted by molar-refractivity contribution is 0.418. The number of hydrogen-bond acceptors (Lipinski definition) is 3. The molecule has 1 aromatic heterocycles. The normalized spacial score (nSPS) is 17.1. The smallest absolute Gasteiger partial charge is 0.169 e. The predicted octanol–water partition coefficient (Wildman–Crippen LogP) is 3.57. The van der Waals surface area contributed by atoms with Gasteiger partial charge in [0.05, 0.1) is 0 Å². The van der Waals surface area contributed by atoms with Crippen LogP contribution in [0.5, 0.6) is 0 Å². The highest BCUT2D eigenvalue weighted by Gasteiger charge is 2.27. The summed E-state index contributed by atoms with van der Waals surface area (Å²) in [7, 11) is 0. The lowest BCUT2D eigenvalue weighted by Crippen LogP contribution is -2.35. The molecule has 0 spiro atoms. The van der Waals surface area contributed by atoms with Crippen molar-refractivity contribution in [2.75, 3.05) is 11.9 Å². The van der Waals surface area contributed by atoms with Crippen molar-refractivity contribution in [3.63, 3.8) is 0 Å². The minimum Gasteiger partial charge on any atom is -0.367 e. The zero-order chi connectivity index (χ0) is 14.8. The lowest BCUT2D eigenvalue weighted by atomic mass is 10.1. The monoisotopic (exact) mass is 279 g/mol. The summed E-state index contributed by atoms with van der Waals surface area (Å²) in [4.78, 5) is 4.12. The summed E-state index contributed by atoms with van der Waals surface area (Å²) >= 11 is 0. The average Bonchev–Trinajstić information content (AvgIpc) is 3.19. The summed E-state index contributed by atoms with van der Waals surface area (Å²) in [6, 6.07) is 1.74. The van der Waals surface area contributed by atoms with Crippen LogP contribution in [0.15, 0.2) is 12.3 Å². The van der Waals surface area contributed by atoms with E-state index in [1.165, 1.54) is 12.8 Å². The molecule has 0 amide bonds. The molecule has 0 saturated heterocycles. The van der Waals surface area contributed by atoms with Gasteiger partial charge in [-0.15, -0.1) is 0 Å². The predicted molar refractivity (Wildman–Crippen MR) is 81.2 cm³/mol. The van der Waals surface area contributed by atoms with Crippen molar-refractivity contribution < 1.29 is 4.39 Å². The Kier molecular flexibility index (Phi) is 4.63. The highest BCUT2D eigenvalue weighted by molar-refractivity contribution is 5.40. The van der Waals surface area contributed by atoms with E-state index < -0.39 is 0 Å². The molecule has 0 aliphatic heterocycles. The summed E-state index contributed by atoms with van der Waals surface area (Å²) in [6.07, 6.45) is 4.30. The molecule has 1 saturated carbocycles. The standard InChI is InChI=1S/C16H26FN3/c1-11(12-5-6-12)9-19-15-14(17)13(7-8-18-15)10-20-16(2,3)4/h7-8,11-12,20H,5-6,9-10H2,1-4H3,(H,18,19). The Morgan fingerprint density at radius 1 is 1.40 bits per heavy atom. The fourth-order valence-corrected chi connectivity index (χ4v) is 2.19. The average molecular weight is 279 g/mol. The molecule has 1 heterocycles. The molecular weight excluding hydrogens is 253 g/mol. The van der Waals surface area contributed by atoms with Crippen molar-refractivity contribution in [1.29, 1.82) is 0 Å². The molecule has 1 fully saturated rings. The van der Waals surface area contributed by atoms with Crippen LogP contribution >= 0.6 is 0 Å². The van der Waals surface area contributed by atoms with Gasteiger partial charge in [0.15, 0.2) is 11.6 Å². The molecule has 20 heavy (non-hydrogen) atoms. The maximum absolute atomic E-state index is 14.3. The van der Waals surface area contributed by atoms with Crippen LogP contribution in [0.1, 0.15) is 46.1 Å². The first-order chi connectivity index (χ1) is 9.37. The van der Waals surface area contributed by atoms with Gasteiger partial charge in [-0.3, -0.25) is 0 Å². The third kappa shape index (κ3) is 4.44. The Morgan fingerprint density at radius 2 is 2.10 bits per heavy atom. The second kappa shape index (κ2) is 6.08. The van der Waals surface area contributed by atoms with E-state index >= 15 is 0 Å². The van der Waals surface area contributed by atoms with Gasteiger partial charge in [0.2, 0.25) is 0 Å². The maximum atomic E-state index is 14.3. The fraction of sp³-hybridized carbons (Fsp3) is 0.688. The van der Waals surface area contributed by atoms with E-state index in [1.807, 2.05) is 0 Å². The second-order valence-electron chi connectivity index (χ2n) is 6.93. The van der Waals surface area contributed by atoms with E-state index in [4.69, 9.17) is 0 Å². The zero-order valence-corrected chi connectivity index (χ0v) is 13.0. The van der Waals surface area contributed by atoms with E-state index in [1.54, 1.807) is 12.3 Å². The molecule has 1 atom stereocenters. The zero-order valence-electron chi connectivity index (χ0n) is 13.0. The van der Waals surface area contributed by atoms with Crippen LogP contribution in [0.4, 0.5) is 10.2 Å². The van der Waals surface area contributed by atoms with Crippen LogP contribution in [0.25, 0.3) is 0 Å². The third-order valence-electron chi connectivity index (χ3n) is 3.80. The number of nitrogens with one attached hydrogen (secondary N) is 2. The van der Waals surface area contributed by atoms with Crippen molar-refractivity contribution in [2.24, 2.45) is 11.8 Å². The molecule has 1 aliphatic rings. The van der Waals surface area contributed by atoms with E-state index in [9.17, 15) is 4.39 Å². The van der Waals surface area contributed by atoms with E-state index in [2.05, 4.69) is 43.3 Å². The van der Waals surface area contributed by atoms with Gasteiger partial charge in [-0.1, -0.05) is 6.92 Å². The molecule has 1 aromatic rings. The summed E-state index contributed by atoms with van der Waals surface area (Å²) in [5, 5.41) is 6.46. The Balaban J connectivity index is 1.95. The van der Waals surface area contributed by atoms with Crippen LogP contribution in [-0.2, 0) is 6.54 Å². The largest absolute Gasteiger partial charge is 0.367 e. The van der Waals surface area contributed by atoms with E-state index in [-0.39, 0.29) is 11.4 Å². The van der Waals surface area contributed by atoms with Gasteiger partial charge in [0.25, 0.3) is 0 Å². The van der Waals surface area contributed by atoms with Gasteiger partial charge >= 0.3 is 0 Å². The van der Waals surface area contributed by atoms with Crippen molar-refractivity contribution in [2.45, 2.75) is 52.6 Å². The van der Waals surface area contributed by atoms with Crippen molar-refractivity contribution in [3.8, 4) is 0 Å². The van der Waals surface area contributed by atoms with Gasteiger partial charge in [0, 0.05) is 30.4 Å². The summed E-state index contributed by atoms with van der Waals surface area (Å²) in [5.41, 5.74) is 0.639. The summed E-state index contributed by atoms with van der Waals surface area (Å²) in [5.74, 6) is 1.56. The number of halogens is 1. The molecule has 1 unspecified atom stereocenters. The molecule has 0 bridgehead atoms. The van der Waals surface area contributed by atoms with Crippen LogP contribution in [0.3, 0.4) is 0 Å². The molecule has 2 rings (SSSR count). The molecule has 2 N–H and O–H groups in total. The first kappa shape index (κ1) is 15.2.